The number of rotatable bonds is 2. The Bertz CT molecular complexity index is 518. The third kappa shape index (κ3) is 2.20. The van der Waals surface area contributed by atoms with E-state index in [1.165, 1.54) is 6.07 Å². The van der Waals surface area contributed by atoms with Crippen molar-refractivity contribution in [1.82, 2.24) is 10.2 Å². The van der Waals surface area contributed by atoms with Crippen molar-refractivity contribution < 1.29 is 4.79 Å². The largest absolute Gasteiger partial charge is 0.382 e. The number of anilines is 2. The molecule has 4 N–H and O–H groups in total. The van der Waals surface area contributed by atoms with Gasteiger partial charge in [0.1, 0.15) is 11.5 Å². The molecule has 2 aromatic rings. The van der Waals surface area contributed by atoms with E-state index >= 15 is 0 Å². The Balaban J connectivity index is 2.13. The van der Waals surface area contributed by atoms with Crippen molar-refractivity contribution in [3.05, 3.63) is 41.6 Å². The lowest BCUT2D eigenvalue weighted by molar-refractivity contribution is 0.102. The van der Waals surface area contributed by atoms with E-state index in [-0.39, 0.29) is 5.91 Å². The minimum absolute atomic E-state index is 0.255. The van der Waals surface area contributed by atoms with Crippen LogP contribution >= 0.6 is 0 Å². The van der Waals surface area contributed by atoms with Gasteiger partial charge in [0.25, 0.3) is 5.91 Å². The van der Waals surface area contributed by atoms with Crippen molar-refractivity contribution in [2.24, 2.45) is 0 Å². The molecule has 0 bridgehead atoms. The number of carbonyl (C=O) groups excluding carboxylic acids is 1. The maximum Gasteiger partial charge on any atom is 0.273 e. The van der Waals surface area contributed by atoms with Gasteiger partial charge in [0.05, 0.1) is 0 Å². The second kappa shape index (κ2) is 4.06. The summed E-state index contributed by atoms with van der Waals surface area (Å²) in [5.74, 6) is 0.0455. The van der Waals surface area contributed by atoms with E-state index in [0.717, 1.165) is 11.3 Å². The fourth-order valence-corrected chi connectivity index (χ4v) is 1.37. The van der Waals surface area contributed by atoms with Crippen molar-refractivity contribution in [2.75, 3.05) is 11.1 Å². The van der Waals surface area contributed by atoms with Crippen LogP contribution in [-0.4, -0.2) is 16.1 Å². The first-order valence-electron chi connectivity index (χ1n) is 4.84. The van der Waals surface area contributed by atoms with Gasteiger partial charge in [0.15, 0.2) is 0 Å². The smallest absolute Gasteiger partial charge is 0.273 e. The number of aromatic amines is 1. The molecule has 0 aliphatic heterocycles. The van der Waals surface area contributed by atoms with E-state index in [4.69, 9.17) is 5.73 Å². The molecule has 5 heteroatoms. The molecule has 0 aliphatic carbocycles. The monoisotopic (exact) mass is 216 g/mol. The molecular formula is C11H12N4O. The van der Waals surface area contributed by atoms with E-state index in [1.807, 2.05) is 31.2 Å². The molecule has 0 radical (unpaired) electrons. The zero-order valence-corrected chi connectivity index (χ0v) is 8.82. The van der Waals surface area contributed by atoms with Gasteiger partial charge in [0, 0.05) is 11.8 Å². The number of H-pyrrole nitrogens is 1. The van der Waals surface area contributed by atoms with Crippen LogP contribution < -0.4 is 11.1 Å². The van der Waals surface area contributed by atoms with Gasteiger partial charge in [-0.3, -0.25) is 9.89 Å². The molecule has 1 amide bonds. The normalized spacial score (nSPS) is 10.1. The van der Waals surface area contributed by atoms with E-state index in [0.29, 0.717) is 11.5 Å². The number of aromatic nitrogens is 2. The standard InChI is InChI=1S/C11H12N4O/c1-7-3-2-4-8(5-7)13-11(16)9-6-10(12)15-14-9/h2-6H,1H3,(H,13,16)(H3,12,14,15). The summed E-state index contributed by atoms with van der Waals surface area (Å²) >= 11 is 0. The minimum atomic E-state index is -0.255. The lowest BCUT2D eigenvalue weighted by atomic mass is 10.2. The van der Waals surface area contributed by atoms with Crippen LogP contribution in [0.2, 0.25) is 0 Å². The molecule has 5 nitrogen and oxygen atoms in total. The Morgan fingerprint density at radius 1 is 1.44 bits per heavy atom. The first-order valence-corrected chi connectivity index (χ1v) is 4.84. The second-order valence-corrected chi connectivity index (χ2v) is 3.53. The number of hydrogen-bond donors (Lipinski definition) is 3. The molecule has 0 saturated heterocycles. The summed E-state index contributed by atoms with van der Waals surface area (Å²) in [5, 5.41) is 8.99. The quantitative estimate of drug-likeness (QED) is 0.712. The van der Waals surface area contributed by atoms with Crippen LogP contribution in [0.1, 0.15) is 16.1 Å². The van der Waals surface area contributed by atoms with Crippen molar-refractivity contribution >= 4 is 17.4 Å². The third-order valence-electron chi connectivity index (χ3n) is 2.12. The van der Waals surface area contributed by atoms with Crippen LogP contribution in [0.4, 0.5) is 11.5 Å². The number of amides is 1. The van der Waals surface area contributed by atoms with Crippen molar-refractivity contribution in [1.29, 1.82) is 0 Å². The number of benzene rings is 1. The van der Waals surface area contributed by atoms with Gasteiger partial charge in [-0.15, -0.1) is 0 Å². The SMILES string of the molecule is Cc1cccc(NC(=O)c2cc(N)n[nH]2)c1. The number of aryl methyl sites for hydroxylation is 1. The van der Waals surface area contributed by atoms with Gasteiger partial charge in [-0.1, -0.05) is 12.1 Å². The van der Waals surface area contributed by atoms with Crippen LogP contribution in [0.15, 0.2) is 30.3 Å². The Morgan fingerprint density at radius 2 is 2.25 bits per heavy atom. The van der Waals surface area contributed by atoms with Crippen LogP contribution in [0.25, 0.3) is 0 Å². The molecule has 0 unspecified atom stereocenters. The van der Waals surface area contributed by atoms with Crippen LogP contribution in [-0.2, 0) is 0 Å². The van der Waals surface area contributed by atoms with E-state index in [2.05, 4.69) is 15.5 Å². The van der Waals surface area contributed by atoms with Crippen molar-refractivity contribution in [3.63, 3.8) is 0 Å². The molecule has 1 aromatic heterocycles. The summed E-state index contributed by atoms with van der Waals surface area (Å²) in [6.07, 6.45) is 0. The topological polar surface area (TPSA) is 83.8 Å². The lowest BCUT2D eigenvalue weighted by Crippen LogP contribution is -2.12. The molecule has 0 fully saturated rings. The summed E-state index contributed by atoms with van der Waals surface area (Å²) in [6.45, 7) is 1.96. The maximum absolute atomic E-state index is 11.7. The summed E-state index contributed by atoms with van der Waals surface area (Å²) in [7, 11) is 0. The molecule has 0 aliphatic rings. The summed E-state index contributed by atoms with van der Waals surface area (Å²) in [5.41, 5.74) is 7.59. The van der Waals surface area contributed by atoms with Crippen LogP contribution in [0.3, 0.4) is 0 Å². The highest BCUT2D eigenvalue weighted by Gasteiger charge is 2.08. The average molecular weight is 216 g/mol. The number of nitrogen functional groups attached to an aromatic ring is 1. The minimum Gasteiger partial charge on any atom is -0.382 e. The van der Waals surface area contributed by atoms with Crippen molar-refractivity contribution in [3.8, 4) is 0 Å². The predicted octanol–water partition coefficient (Wildman–Crippen LogP) is 1.55. The Hall–Kier alpha value is -2.30. The summed E-state index contributed by atoms with van der Waals surface area (Å²) in [6, 6.07) is 9.05. The van der Waals surface area contributed by atoms with E-state index in [9.17, 15) is 4.79 Å². The first-order chi connectivity index (χ1) is 7.65. The summed E-state index contributed by atoms with van der Waals surface area (Å²) < 4.78 is 0. The molecule has 1 aromatic carbocycles. The number of hydrogen-bond acceptors (Lipinski definition) is 3. The Labute approximate surface area is 92.7 Å². The molecule has 1 heterocycles. The highest BCUT2D eigenvalue weighted by molar-refractivity contribution is 6.03. The summed E-state index contributed by atoms with van der Waals surface area (Å²) in [4.78, 5) is 11.7. The molecular weight excluding hydrogens is 204 g/mol. The van der Waals surface area contributed by atoms with Gasteiger partial charge in [-0.25, -0.2) is 0 Å². The van der Waals surface area contributed by atoms with E-state index < -0.39 is 0 Å². The van der Waals surface area contributed by atoms with E-state index in [1.54, 1.807) is 0 Å². The first kappa shape index (κ1) is 10.2. The number of nitrogens with one attached hydrogen (secondary N) is 2. The van der Waals surface area contributed by atoms with Gasteiger partial charge in [-0.2, -0.15) is 5.10 Å². The van der Waals surface area contributed by atoms with Crippen molar-refractivity contribution in [2.45, 2.75) is 6.92 Å². The average Bonchev–Trinajstić information content (AvgIpc) is 2.65. The zero-order chi connectivity index (χ0) is 11.5. The molecule has 0 spiro atoms. The molecule has 0 atom stereocenters. The Morgan fingerprint density at radius 3 is 2.88 bits per heavy atom. The fraction of sp³-hybridized carbons (Fsp3) is 0.0909. The Kier molecular flexibility index (Phi) is 2.59. The molecule has 0 saturated carbocycles. The van der Waals surface area contributed by atoms with Gasteiger partial charge >= 0.3 is 0 Å². The molecule has 2 rings (SSSR count). The maximum atomic E-state index is 11.7. The fourth-order valence-electron chi connectivity index (χ4n) is 1.37. The highest BCUT2D eigenvalue weighted by atomic mass is 16.1. The third-order valence-corrected chi connectivity index (χ3v) is 2.12. The number of carbonyl (C=O) groups is 1. The van der Waals surface area contributed by atoms with Gasteiger partial charge in [0.2, 0.25) is 0 Å². The molecule has 82 valence electrons. The van der Waals surface area contributed by atoms with Crippen LogP contribution in [0.5, 0.6) is 0 Å². The molecule has 16 heavy (non-hydrogen) atoms. The highest BCUT2D eigenvalue weighted by Crippen LogP contribution is 2.11. The zero-order valence-electron chi connectivity index (χ0n) is 8.82. The number of nitrogens with zero attached hydrogens (tertiary/aromatic N) is 1. The number of nitrogens with two attached hydrogens (primary N) is 1. The lowest BCUT2D eigenvalue weighted by Gasteiger charge is -2.03. The van der Waals surface area contributed by atoms with Gasteiger partial charge < -0.3 is 11.1 Å². The van der Waals surface area contributed by atoms with Gasteiger partial charge in [-0.05, 0) is 24.6 Å². The second-order valence-electron chi connectivity index (χ2n) is 3.53. The predicted molar refractivity (Wildman–Crippen MR) is 62.1 cm³/mol. The van der Waals surface area contributed by atoms with Crippen LogP contribution in [0, 0.1) is 6.92 Å².